The summed E-state index contributed by atoms with van der Waals surface area (Å²) < 4.78 is 20.3. The number of hydrogen-bond acceptors (Lipinski definition) is 4. The molecule has 1 fully saturated rings. The van der Waals surface area contributed by atoms with E-state index < -0.39 is 11.7 Å². The van der Waals surface area contributed by atoms with E-state index >= 15 is 0 Å². The lowest BCUT2D eigenvalue weighted by Gasteiger charge is -2.44. The molecule has 160 valence electrons. The molecule has 1 aliphatic carbocycles. The number of ether oxygens (including phenoxy) is 1. The lowest BCUT2D eigenvalue weighted by molar-refractivity contribution is 0.0428. The highest BCUT2D eigenvalue weighted by atomic mass is 79.9. The van der Waals surface area contributed by atoms with Gasteiger partial charge < -0.3 is 15.0 Å². The zero-order valence-electron chi connectivity index (χ0n) is 17.5. The van der Waals surface area contributed by atoms with E-state index in [9.17, 15) is 9.18 Å². The van der Waals surface area contributed by atoms with Gasteiger partial charge >= 0.3 is 6.09 Å². The van der Waals surface area contributed by atoms with Crippen LogP contribution in [0.15, 0.2) is 41.1 Å². The number of amides is 1. The molecule has 1 aliphatic heterocycles. The van der Waals surface area contributed by atoms with Gasteiger partial charge in [0.2, 0.25) is 0 Å². The first-order valence-corrected chi connectivity index (χ1v) is 11.1. The standard InChI is InChI=1S/C23H27BrFN3O2/c1-22(2,3)30-21(29)27-20-18-6-4-16(25)12-15(18)13-23(20)8-10-28(11-9-23)17-5-7-19(24)26-14-17/h4-7,12,14,20H,8-11,13H2,1-3H3,(H,27,29)/t20-/m1/s1. The molecule has 4 rings (SSSR count). The summed E-state index contributed by atoms with van der Waals surface area (Å²) >= 11 is 3.38. The number of pyridine rings is 1. The molecule has 2 aliphatic rings. The summed E-state index contributed by atoms with van der Waals surface area (Å²) in [5.74, 6) is -0.236. The summed E-state index contributed by atoms with van der Waals surface area (Å²) in [6, 6.07) is 8.72. The zero-order valence-corrected chi connectivity index (χ0v) is 19.1. The predicted octanol–water partition coefficient (Wildman–Crippen LogP) is 5.39. The topological polar surface area (TPSA) is 54.5 Å². The van der Waals surface area contributed by atoms with Gasteiger partial charge in [-0.1, -0.05) is 6.07 Å². The SMILES string of the molecule is CC(C)(C)OC(=O)N[C@@H]1c2ccc(F)cc2CC12CCN(c1ccc(Br)nc1)CC2. The summed E-state index contributed by atoms with van der Waals surface area (Å²) in [4.78, 5) is 19.3. The molecule has 0 unspecified atom stereocenters. The van der Waals surface area contributed by atoms with Crippen molar-refractivity contribution in [2.45, 2.75) is 51.7 Å². The third-order valence-electron chi connectivity index (χ3n) is 6.07. The summed E-state index contributed by atoms with van der Waals surface area (Å²) in [5.41, 5.74) is 2.35. The molecule has 1 saturated heterocycles. The number of nitrogens with one attached hydrogen (secondary N) is 1. The van der Waals surface area contributed by atoms with Crippen molar-refractivity contribution in [3.05, 3.63) is 58.1 Å². The fourth-order valence-electron chi connectivity index (χ4n) is 4.71. The van der Waals surface area contributed by atoms with E-state index in [1.54, 1.807) is 6.07 Å². The minimum Gasteiger partial charge on any atom is -0.444 e. The van der Waals surface area contributed by atoms with Gasteiger partial charge in [-0.25, -0.2) is 14.2 Å². The van der Waals surface area contributed by atoms with E-state index in [0.717, 1.165) is 53.8 Å². The van der Waals surface area contributed by atoms with Crippen LogP contribution in [-0.4, -0.2) is 29.8 Å². The average molecular weight is 476 g/mol. The molecule has 2 heterocycles. The number of aromatic nitrogens is 1. The molecule has 1 atom stereocenters. The molecule has 0 bridgehead atoms. The summed E-state index contributed by atoms with van der Waals surface area (Å²) in [5, 5.41) is 3.11. The summed E-state index contributed by atoms with van der Waals surface area (Å²) in [6.07, 6.45) is 3.98. The fourth-order valence-corrected chi connectivity index (χ4v) is 4.94. The van der Waals surface area contributed by atoms with Gasteiger partial charge in [-0.3, -0.25) is 0 Å². The van der Waals surface area contributed by atoms with Crippen molar-refractivity contribution in [1.29, 1.82) is 0 Å². The molecule has 30 heavy (non-hydrogen) atoms. The Kier molecular flexibility index (Phi) is 5.51. The predicted molar refractivity (Wildman–Crippen MR) is 118 cm³/mol. The lowest BCUT2D eigenvalue weighted by atomic mass is 9.72. The number of nitrogens with zero attached hydrogens (tertiary/aromatic N) is 2. The van der Waals surface area contributed by atoms with Crippen LogP contribution in [0.1, 0.15) is 50.8 Å². The summed E-state index contributed by atoms with van der Waals surface area (Å²) in [6.45, 7) is 7.26. The monoisotopic (exact) mass is 475 g/mol. The number of piperidine rings is 1. The number of rotatable bonds is 2. The van der Waals surface area contributed by atoms with Crippen LogP contribution in [0.25, 0.3) is 0 Å². The molecule has 1 aromatic heterocycles. The van der Waals surface area contributed by atoms with Crippen LogP contribution >= 0.6 is 15.9 Å². The number of carbonyl (C=O) groups is 1. The van der Waals surface area contributed by atoms with Gasteiger partial charge in [-0.05, 0) is 91.4 Å². The molecule has 7 heteroatoms. The Labute approximate surface area is 185 Å². The molecule has 0 radical (unpaired) electrons. The number of hydrogen-bond donors (Lipinski definition) is 1. The van der Waals surface area contributed by atoms with Crippen molar-refractivity contribution in [3.63, 3.8) is 0 Å². The number of alkyl carbamates (subject to hydrolysis) is 1. The van der Waals surface area contributed by atoms with E-state index in [1.165, 1.54) is 6.07 Å². The molecule has 1 amide bonds. The number of halogens is 2. The number of benzene rings is 1. The third kappa shape index (κ3) is 4.31. The van der Waals surface area contributed by atoms with Crippen molar-refractivity contribution >= 4 is 27.7 Å². The van der Waals surface area contributed by atoms with Gasteiger partial charge in [0.05, 0.1) is 17.9 Å². The quantitative estimate of drug-likeness (QED) is 0.591. The second-order valence-electron chi connectivity index (χ2n) is 9.29. The normalized spacial score (nSPS) is 20.2. The van der Waals surface area contributed by atoms with Gasteiger partial charge in [0, 0.05) is 18.5 Å². The first-order valence-electron chi connectivity index (χ1n) is 10.3. The van der Waals surface area contributed by atoms with E-state index in [-0.39, 0.29) is 17.3 Å². The van der Waals surface area contributed by atoms with Crippen LogP contribution < -0.4 is 10.2 Å². The summed E-state index contributed by atoms with van der Waals surface area (Å²) in [7, 11) is 0. The van der Waals surface area contributed by atoms with E-state index in [2.05, 4.69) is 37.2 Å². The van der Waals surface area contributed by atoms with Crippen molar-refractivity contribution in [3.8, 4) is 0 Å². The van der Waals surface area contributed by atoms with Crippen LogP contribution in [0.3, 0.4) is 0 Å². The minimum atomic E-state index is -0.570. The van der Waals surface area contributed by atoms with Gasteiger partial charge in [0.1, 0.15) is 16.0 Å². The van der Waals surface area contributed by atoms with E-state index in [4.69, 9.17) is 4.74 Å². The van der Waals surface area contributed by atoms with Crippen molar-refractivity contribution in [2.75, 3.05) is 18.0 Å². The van der Waals surface area contributed by atoms with Gasteiger partial charge in [0.25, 0.3) is 0 Å². The second-order valence-corrected chi connectivity index (χ2v) is 10.1. The van der Waals surface area contributed by atoms with Crippen molar-refractivity contribution in [2.24, 2.45) is 5.41 Å². The zero-order chi connectivity index (χ0) is 21.5. The molecule has 1 aromatic carbocycles. The van der Waals surface area contributed by atoms with Gasteiger partial charge in [-0.15, -0.1) is 0 Å². The minimum absolute atomic E-state index is 0.147. The second kappa shape index (κ2) is 7.84. The Morgan fingerprint density at radius 2 is 2.00 bits per heavy atom. The lowest BCUT2D eigenvalue weighted by Crippen LogP contribution is -2.47. The van der Waals surface area contributed by atoms with Crippen LogP contribution in [0, 0.1) is 11.2 Å². The number of fused-ring (bicyclic) bond motifs is 1. The highest BCUT2D eigenvalue weighted by molar-refractivity contribution is 9.10. The van der Waals surface area contributed by atoms with Gasteiger partial charge in [0.15, 0.2) is 0 Å². The largest absolute Gasteiger partial charge is 0.444 e. The maximum atomic E-state index is 13.9. The number of carbonyl (C=O) groups excluding carboxylic acids is 1. The van der Waals surface area contributed by atoms with Crippen LogP contribution in [0.2, 0.25) is 0 Å². The smallest absolute Gasteiger partial charge is 0.408 e. The third-order valence-corrected chi connectivity index (χ3v) is 6.54. The Bertz CT molecular complexity index is 934. The average Bonchev–Trinajstić information content (AvgIpc) is 2.94. The Morgan fingerprint density at radius 1 is 1.27 bits per heavy atom. The van der Waals surface area contributed by atoms with Crippen molar-refractivity contribution in [1.82, 2.24) is 10.3 Å². The molecule has 5 nitrogen and oxygen atoms in total. The highest BCUT2D eigenvalue weighted by Crippen LogP contribution is 2.52. The Hall–Kier alpha value is -2.15. The first-order chi connectivity index (χ1) is 14.2. The van der Waals surface area contributed by atoms with Crippen LogP contribution in [0.4, 0.5) is 14.9 Å². The number of anilines is 1. The maximum absolute atomic E-state index is 13.9. The van der Waals surface area contributed by atoms with Gasteiger partial charge in [-0.2, -0.15) is 0 Å². The maximum Gasteiger partial charge on any atom is 0.408 e. The molecular weight excluding hydrogens is 449 g/mol. The first kappa shape index (κ1) is 21.1. The molecular formula is C23H27BrFN3O2. The molecule has 1 spiro atoms. The molecule has 1 N–H and O–H groups in total. The Morgan fingerprint density at radius 3 is 2.63 bits per heavy atom. The fraction of sp³-hybridized carbons (Fsp3) is 0.478. The van der Waals surface area contributed by atoms with E-state index in [0.29, 0.717) is 0 Å². The van der Waals surface area contributed by atoms with Crippen LogP contribution in [0.5, 0.6) is 0 Å². The van der Waals surface area contributed by atoms with E-state index in [1.807, 2.05) is 39.1 Å². The van der Waals surface area contributed by atoms with Crippen LogP contribution in [-0.2, 0) is 11.2 Å². The molecule has 0 saturated carbocycles. The highest BCUT2D eigenvalue weighted by Gasteiger charge is 2.48. The Balaban J connectivity index is 1.56. The van der Waals surface area contributed by atoms with Crippen molar-refractivity contribution < 1.29 is 13.9 Å². The molecule has 2 aromatic rings.